The zero-order valence-electron chi connectivity index (χ0n) is 9.50. The molecular formula is C12H17BrFNO. The normalized spacial score (nSPS) is 14.8. The van der Waals surface area contributed by atoms with Crippen LogP contribution in [-0.2, 0) is 0 Å². The molecule has 2 unspecified atom stereocenters. The van der Waals surface area contributed by atoms with E-state index in [9.17, 15) is 4.39 Å². The molecule has 4 heteroatoms. The number of nitrogens with one attached hydrogen (secondary N) is 1. The Labute approximate surface area is 104 Å². The number of hydrogen-bond donors (Lipinski definition) is 2. The largest absolute Gasteiger partial charge is 0.393 e. The third kappa shape index (κ3) is 4.20. The van der Waals surface area contributed by atoms with Crippen molar-refractivity contribution in [3.63, 3.8) is 0 Å². The highest BCUT2D eigenvalue weighted by atomic mass is 79.9. The number of rotatable bonds is 5. The minimum Gasteiger partial charge on any atom is -0.393 e. The van der Waals surface area contributed by atoms with Gasteiger partial charge in [0, 0.05) is 6.04 Å². The maximum Gasteiger partial charge on any atom is 0.137 e. The van der Waals surface area contributed by atoms with Crippen LogP contribution in [0.2, 0.25) is 0 Å². The van der Waals surface area contributed by atoms with Crippen molar-refractivity contribution in [1.82, 2.24) is 5.32 Å². The molecule has 1 aromatic carbocycles. The first-order valence-electron chi connectivity index (χ1n) is 5.37. The van der Waals surface area contributed by atoms with E-state index in [1.165, 1.54) is 6.07 Å². The van der Waals surface area contributed by atoms with Crippen LogP contribution >= 0.6 is 15.9 Å². The number of halogens is 2. The average molecular weight is 290 g/mol. The van der Waals surface area contributed by atoms with Gasteiger partial charge >= 0.3 is 0 Å². The van der Waals surface area contributed by atoms with Gasteiger partial charge in [0.15, 0.2) is 0 Å². The lowest BCUT2D eigenvalue weighted by Gasteiger charge is -2.15. The van der Waals surface area contributed by atoms with E-state index in [0.717, 1.165) is 12.1 Å². The van der Waals surface area contributed by atoms with Crippen LogP contribution < -0.4 is 5.32 Å². The molecule has 0 amide bonds. The molecule has 90 valence electrons. The molecule has 16 heavy (non-hydrogen) atoms. The molecule has 0 aliphatic carbocycles. The zero-order chi connectivity index (χ0) is 12.1. The number of hydrogen-bond acceptors (Lipinski definition) is 2. The summed E-state index contributed by atoms with van der Waals surface area (Å²) >= 11 is 3.16. The number of benzene rings is 1. The smallest absolute Gasteiger partial charge is 0.137 e. The second-order valence-electron chi connectivity index (χ2n) is 3.99. The predicted octanol–water partition coefficient (Wildman–Crippen LogP) is 3.01. The average Bonchev–Trinajstić information content (AvgIpc) is 2.21. The van der Waals surface area contributed by atoms with E-state index >= 15 is 0 Å². The molecule has 1 rings (SSSR count). The molecule has 0 aromatic heterocycles. The van der Waals surface area contributed by atoms with Gasteiger partial charge in [0.2, 0.25) is 0 Å². The Morgan fingerprint density at radius 3 is 2.69 bits per heavy atom. The molecule has 0 bridgehead atoms. The Balaban J connectivity index is 2.52. The summed E-state index contributed by atoms with van der Waals surface area (Å²) in [6, 6.07) is 5.14. The monoisotopic (exact) mass is 289 g/mol. The Morgan fingerprint density at radius 1 is 1.44 bits per heavy atom. The maximum atomic E-state index is 13.0. The molecule has 0 aliphatic heterocycles. The summed E-state index contributed by atoms with van der Waals surface area (Å²) in [5.41, 5.74) is 1.03. The first kappa shape index (κ1) is 13.6. The van der Waals surface area contributed by atoms with Crippen molar-refractivity contribution in [3.05, 3.63) is 34.1 Å². The summed E-state index contributed by atoms with van der Waals surface area (Å²) in [5.74, 6) is -0.250. The Kier molecular flexibility index (Phi) is 5.38. The van der Waals surface area contributed by atoms with E-state index in [0.29, 0.717) is 10.9 Å². The Hall–Kier alpha value is -0.450. The molecule has 2 N–H and O–H groups in total. The maximum absolute atomic E-state index is 13.0. The third-order valence-electron chi connectivity index (χ3n) is 2.46. The van der Waals surface area contributed by atoms with Gasteiger partial charge in [0.05, 0.1) is 10.6 Å². The molecule has 0 saturated heterocycles. The van der Waals surface area contributed by atoms with E-state index in [1.807, 2.05) is 6.92 Å². The van der Waals surface area contributed by atoms with Crippen molar-refractivity contribution < 1.29 is 9.50 Å². The van der Waals surface area contributed by atoms with Crippen LogP contribution in [0.3, 0.4) is 0 Å². The predicted molar refractivity (Wildman–Crippen MR) is 66.8 cm³/mol. The van der Waals surface area contributed by atoms with E-state index in [-0.39, 0.29) is 18.0 Å². The van der Waals surface area contributed by atoms with Gasteiger partial charge in [-0.2, -0.15) is 0 Å². The van der Waals surface area contributed by atoms with E-state index in [2.05, 4.69) is 21.2 Å². The van der Waals surface area contributed by atoms with Crippen molar-refractivity contribution in [2.75, 3.05) is 6.54 Å². The fraction of sp³-hybridized carbons (Fsp3) is 0.500. The molecule has 2 atom stereocenters. The lowest BCUT2D eigenvalue weighted by Crippen LogP contribution is -2.22. The van der Waals surface area contributed by atoms with E-state index in [1.54, 1.807) is 19.1 Å². The minimum atomic E-state index is -0.292. The summed E-state index contributed by atoms with van der Waals surface area (Å²) in [4.78, 5) is 0. The third-order valence-corrected chi connectivity index (χ3v) is 3.06. The van der Waals surface area contributed by atoms with Crippen LogP contribution in [0.25, 0.3) is 0 Å². The van der Waals surface area contributed by atoms with Crippen LogP contribution in [0.15, 0.2) is 22.7 Å². The molecule has 0 saturated carbocycles. The highest BCUT2D eigenvalue weighted by molar-refractivity contribution is 9.10. The van der Waals surface area contributed by atoms with Crippen LogP contribution in [0.1, 0.15) is 31.9 Å². The van der Waals surface area contributed by atoms with Crippen molar-refractivity contribution in [2.24, 2.45) is 0 Å². The van der Waals surface area contributed by atoms with Crippen molar-refractivity contribution in [1.29, 1.82) is 0 Å². The lowest BCUT2D eigenvalue weighted by atomic mass is 10.1. The van der Waals surface area contributed by atoms with Crippen molar-refractivity contribution in [2.45, 2.75) is 32.4 Å². The fourth-order valence-corrected chi connectivity index (χ4v) is 1.80. The van der Waals surface area contributed by atoms with Crippen LogP contribution in [-0.4, -0.2) is 17.8 Å². The van der Waals surface area contributed by atoms with Crippen LogP contribution in [0.5, 0.6) is 0 Å². The first-order valence-corrected chi connectivity index (χ1v) is 6.16. The molecule has 0 fully saturated rings. The van der Waals surface area contributed by atoms with Gasteiger partial charge in [0.25, 0.3) is 0 Å². The van der Waals surface area contributed by atoms with Gasteiger partial charge in [-0.15, -0.1) is 0 Å². The molecule has 0 heterocycles. The SMILES string of the molecule is CC(O)CCNC(C)c1ccc(F)c(Br)c1. The van der Waals surface area contributed by atoms with Gasteiger partial charge in [-0.3, -0.25) is 0 Å². The lowest BCUT2D eigenvalue weighted by molar-refractivity contribution is 0.182. The molecule has 0 aliphatic rings. The van der Waals surface area contributed by atoms with E-state index in [4.69, 9.17) is 5.11 Å². The van der Waals surface area contributed by atoms with Crippen LogP contribution in [0.4, 0.5) is 4.39 Å². The number of aliphatic hydroxyl groups is 1. The quantitative estimate of drug-likeness (QED) is 0.873. The second kappa shape index (κ2) is 6.33. The highest BCUT2D eigenvalue weighted by Crippen LogP contribution is 2.21. The second-order valence-corrected chi connectivity index (χ2v) is 4.84. The standard InChI is InChI=1S/C12H17BrFNO/c1-8(16)5-6-15-9(2)10-3-4-12(14)11(13)7-10/h3-4,7-9,15-16H,5-6H2,1-2H3. The van der Waals surface area contributed by atoms with Gasteiger partial charge in [-0.25, -0.2) is 4.39 Å². The first-order chi connectivity index (χ1) is 7.50. The molecular weight excluding hydrogens is 273 g/mol. The summed E-state index contributed by atoms with van der Waals surface area (Å²) in [6.45, 7) is 4.52. The molecule has 0 spiro atoms. The summed E-state index contributed by atoms with van der Waals surface area (Å²) in [5, 5.41) is 12.4. The zero-order valence-corrected chi connectivity index (χ0v) is 11.1. The summed E-state index contributed by atoms with van der Waals surface area (Å²) in [6.07, 6.45) is 0.423. The summed E-state index contributed by atoms with van der Waals surface area (Å²) < 4.78 is 13.5. The van der Waals surface area contributed by atoms with Crippen molar-refractivity contribution in [3.8, 4) is 0 Å². The Bertz CT molecular complexity index is 344. The highest BCUT2D eigenvalue weighted by Gasteiger charge is 2.07. The van der Waals surface area contributed by atoms with Gasteiger partial charge in [-0.05, 0) is 60.4 Å². The van der Waals surface area contributed by atoms with E-state index < -0.39 is 0 Å². The van der Waals surface area contributed by atoms with Gasteiger partial charge < -0.3 is 10.4 Å². The summed E-state index contributed by atoms with van der Waals surface area (Å²) in [7, 11) is 0. The van der Waals surface area contributed by atoms with Crippen LogP contribution in [0, 0.1) is 5.82 Å². The Morgan fingerprint density at radius 2 is 2.12 bits per heavy atom. The minimum absolute atomic E-state index is 0.149. The van der Waals surface area contributed by atoms with Gasteiger partial charge in [-0.1, -0.05) is 6.07 Å². The molecule has 1 aromatic rings. The molecule has 0 radical (unpaired) electrons. The number of aliphatic hydroxyl groups excluding tert-OH is 1. The van der Waals surface area contributed by atoms with Gasteiger partial charge in [0.1, 0.15) is 5.82 Å². The van der Waals surface area contributed by atoms with Crippen molar-refractivity contribution >= 4 is 15.9 Å². The fourth-order valence-electron chi connectivity index (χ4n) is 1.41. The topological polar surface area (TPSA) is 32.3 Å². The molecule has 2 nitrogen and oxygen atoms in total.